The highest BCUT2D eigenvalue weighted by Gasteiger charge is 2.12. The number of hydrogen-bond acceptors (Lipinski definition) is 2. The van der Waals surface area contributed by atoms with E-state index in [1.807, 2.05) is 12.1 Å². The molecular weight excluding hydrogens is 212 g/mol. The summed E-state index contributed by atoms with van der Waals surface area (Å²) in [5.41, 5.74) is 5.16. The van der Waals surface area contributed by atoms with Crippen LogP contribution in [-0.2, 0) is 13.0 Å². The van der Waals surface area contributed by atoms with Gasteiger partial charge in [0.15, 0.2) is 0 Å². The standard InChI is InChI=1S/C14H16N2O/c1-17-12-4-2-10(3-5-12)14-8-11-9-15-7-6-13(11)16-14/h2-5,8,15-16H,6-7,9H2,1H3. The summed E-state index contributed by atoms with van der Waals surface area (Å²) in [6.07, 6.45) is 1.09. The van der Waals surface area contributed by atoms with E-state index in [1.165, 1.54) is 22.5 Å². The molecule has 2 aromatic rings. The average Bonchev–Trinajstić information content (AvgIpc) is 2.82. The quantitative estimate of drug-likeness (QED) is 0.827. The first kappa shape index (κ1) is 10.4. The van der Waals surface area contributed by atoms with Gasteiger partial charge in [0.2, 0.25) is 0 Å². The molecule has 1 aromatic carbocycles. The van der Waals surface area contributed by atoms with Crippen molar-refractivity contribution in [1.29, 1.82) is 0 Å². The molecule has 2 heterocycles. The number of benzene rings is 1. The minimum absolute atomic E-state index is 0.895. The van der Waals surface area contributed by atoms with Crippen LogP contribution in [0.25, 0.3) is 11.3 Å². The number of methoxy groups -OCH3 is 1. The summed E-state index contributed by atoms with van der Waals surface area (Å²) < 4.78 is 5.17. The molecule has 0 amide bonds. The molecule has 1 aliphatic rings. The number of aromatic amines is 1. The highest BCUT2D eigenvalue weighted by Crippen LogP contribution is 2.25. The Hall–Kier alpha value is -1.74. The predicted molar refractivity (Wildman–Crippen MR) is 68.2 cm³/mol. The van der Waals surface area contributed by atoms with Gasteiger partial charge in [-0.05, 0) is 41.5 Å². The molecule has 0 atom stereocenters. The van der Waals surface area contributed by atoms with Gasteiger partial charge in [-0.3, -0.25) is 0 Å². The van der Waals surface area contributed by atoms with Crippen molar-refractivity contribution in [2.45, 2.75) is 13.0 Å². The van der Waals surface area contributed by atoms with Crippen LogP contribution in [0.3, 0.4) is 0 Å². The van der Waals surface area contributed by atoms with Gasteiger partial charge in [-0.2, -0.15) is 0 Å². The number of ether oxygens (including phenoxy) is 1. The molecule has 3 rings (SSSR count). The molecule has 3 nitrogen and oxygen atoms in total. The first-order valence-electron chi connectivity index (χ1n) is 5.93. The zero-order valence-electron chi connectivity index (χ0n) is 9.92. The fraction of sp³-hybridized carbons (Fsp3) is 0.286. The van der Waals surface area contributed by atoms with Crippen molar-refractivity contribution in [2.24, 2.45) is 0 Å². The van der Waals surface area contributed by atoms with Crippen molar-refractivity contribution < 1.29 is 4.74 Å². The van der Waals surface area contributed by atoms with Gasteiger partial charge >= 0.3 is 0 Å². The van der Waals surface area contributed by atoms with Crippen molar-refractivity contribution in [3.8, 4) is 17.0 Å². The second-order valence-electron chi connectivity index (χ2n) is 4.34. The van der Waals surface area contributed by atoms with Gasteiger partial charge in [0.05, 0.1) is 7.11 Å². The lowest BCUT2D eigenvalue weighted by Crippen LogP contribution is -2.22. The van der Waals surface area contributed by atoms with Gasteiger partial charge < -0.3 is 15.0 Å². The van der Waals surface area contributed by atoms with Crippen molar-refractivity contribution in [3.63, 3.8) is 0 Å². The molecule has 1 aliphatic heterocycles. The van der Waals surface area contributed by atoms with Gasteiger partial charge in [-0.15, -0.1) is 0 Å². The Morgan fingerprint density at radius 1 is 1.18 bits per heavy atom. The van der Waals surface area contributed by atoms with E-state index in [0.29, 0.717) is 0 Å². The normalized spacial score (nSPS) is 14.4. The van der Waals surface area contributed by atoms with Crippen LogP contribution >= 0.6 is 0 Å². The molecule has 0 bridgehead atoms. The zero-order valence-corrected chi connectivity index (χ0v) is 9.92. The molecule has 0 unspecified atom stereocenters. The van der Waals surface area contributed by atoms with Crippen LogP contribution in [0.5, 0.6) is 5.75 Å². The molecule has 0 fully saturated rings. The van der Waals surface area contributed by atoms with E-state index < -0.39 is 0 Å². The van der Waals surface area contributed by atoms with Crippen LogP contribution in [0.15, 0.2) is 30.3 Å². The van der Waals surface area contributed by atoms with E-state index in [9.17, 15) is 0 Å². The Morgan fingerprint density at radius 3 is 2.71 bits per heavy atom. The van der Waals surface area contributed by atoms with Crippen LogP contribution in [0.4, 0.5) is 0 Å². The van der Waals surface area contributed by atoms with E-state index in [-0.39, 0.29) is 0 Å². The summed E-state index contributed by atoms with van der Waals surface area (Å²) in [6, 6.07) is 10.4. The van der Waals surface area contributed by atoms with Crippen molar-refractivity contribution >= 4 is 0 Å². The van der Waals surface area contributed by atoms with Gasteiger partial charge in [0.25, 0.3) is 0 Å². The predicted octanol–water partition coefficient (Wildman–Crippen LogP) is 2.34. The molecule has 0 aliphatic carbocycles. The third-order valence-corrected chi connectivity index (χ3v) is 3.26. The molecule has 0 radical (unpaired) electrons. The third kappa shape index (κ3) is 1.94. The van der Waals surface area contributed by atoms with Gasteiger partial charge in [-0.1, -0.05) is 0 Å². The maximum atomic E-state index is 5.17. The topological polar surface area (TPSA) is 37.0 Å². The number of rotatable bonds is 2. The smallest absolute Gasteiger partial charge is 0.118 e. The number of H-pyrrole nitrogens is 1. The highest BCUT2D eigenvalue weighted by atomic mass is 16.5. The minimum Gasteiger partial charge on any atom is -0.497 e. The van der Waals surface area contributed by atoms with Crippen LogP contribution in [-0.4, -0.2) is 18.6 Å². The maximum absolute atomic E-state index is 5.17. The van der Waals surface area contributed by atoms with E-state index in [1.54, 1.807) is 7.11 Å². The molecule has 0 saturated heterocycles. The third-order valence-electron chi connectivity index (χ3n) is 3.26. The van der Waals surface area contributed by atoms with Crippen molar-refractivity contribution in [1.82, 2.24) is 10.3 Å². The Balaban J connectivity index is 1.94. The lowest BCUT2D eigenvalue weighted by molar-refractivity contribution is 0.415. The molecule has 1 aromatic heterocycles. The summed E-state index contributed by atoms with van der Waals surface area (Å²) in [4.78, 5) is 3.51. The number of aromatic nitrogens is 1. The number of fused-ring (bicyclic) bond motifs is 1. The highest BCUT2D eigenvalue weighted by molar-refractivity contribution is 5.62. The van der Waals surface area contributed by atoms with Gasteiger partial charge in [0, 0.05) is 30.9 Å². The monoisotopic (exact) mass is 228 g/mol. The number of nitrogens with one attached hydrogen (secondary N) is 2. The van der Waals surface area contributed by atoms with Gasteiger partial charge in [0.1, 0.15) is 5.75 Å². The maximum Gasteiger partial charge on any atom is 0.118 e. The molecule has 88 valence electrons. The van der Waals surface area contributed by atoms with Gasteiger partial charge in [-0.25, -0.2) is 0 Å². The Labute approximate surface area is 101 Å². The van der Waals surface area contributed by atoms with Crippen LogP contribution in [0.1, 0.15) is 11.3 Å². The number of hydrogen-bond donors (Lipinski definition) is 2. The lowest BCUT2D eigenvalue weighted by atomic mass is 10.1. The SMILES string of the molecule is COc1ccc(-c2cc3c([nH]2)CCNC3)cc1. The Morgan fingerprint density at radius 2 is 2.00 bits per heavy atom. The summed E-state index contributed by atoms with van der Waals surface area (Å²) >= 11 is 0. The van der Waals surface area contributed by atoms with Crippen LogP contribution in [0.2, 0.25) is 0 Å². The molecule has 0 saturated carbocycles. The molecule has 3 heteroatoms. The second kappa shape index (κ2) is 4.26. The average molecular weight is 228 g/mol. The summed E-state index contributed by atoms with van der Waals surface area (Å²) in [6.45, 7) is 2.04. The van der Waals surface area contributed by atoms with Crippen molar-refractivity contribution in [3.05, 3.63) is 41.6 Å². The Bertz CT molecular complexity index is 490. The molecule has 2 N–H and O–H groups in total. The summed E-state index contributed by atoms with van der Waals surface area (Å²) in [7, 11) is 1.69. The van der Waals surface area contributed by atoms with Crippen LogP contribution in [0, 0.1) is 0 Å². The lowest BCUT2D eigenvalue weighted by Gasteiger charge is -2.11. The van der Waals surface area contributed by atoms with E-state index >= 15 is 0 Å². The first-order valence-corrected chi connectivity index (χ1v) is 5.93. The zero-order chi connectivity index (χ0) is 11.7. The van der Waals surface area contributed by atoms with Crippen molar-refractivity contribution in [2.75, 3.05) is 13.7 Å². The van der Waals surface area contributed by atoms with E-state index in [2.05, 4.69) is 28.5 Å². The first-order chi connectivity index (χ1) is 8.36. The molecule has 0 spiro atoms. The minimum atomic E-state index is 0.895. The van der Waals surface area contributed by atoms with Crippen LogP contribution < -0.4 is 10.1 Å². The second-order valence-corrected chi connectivity index (χ2v) is 4.34. The summed E-state index contributed by atoms with van der Waals surface area (Å²) in [5, 5.41) is 3.38. The fourth-order valence-corrected chi connectivity index (χ4v) is 2.28. The summed E-state index contributed by atoms with van der Waals surface area (Å²) in [5.74, 6) is 0.895. The van der Waals surface area contributed by atoms with E-state index in [4.69, 9.17) is 4.74 Å². The molecular formula is C14H16N2O. The largest absolute Gasteiger partial charge is 0.497 e. The fourth-order valence-electron chi connectivity index (χ4n) is 2.28. The Kier molecular flexibility index (Phi) is 2.61. The van der Waals surface area contributed by atoms with E-state index in [0.717, 1.165) is 25.3 Å². The molecule has 17 heavy (non-hydrogen) atoms.